The minimum absolute atomic E-state index is 0.270. The molecule has 18 heavy (non-hydrogen) atoms. The van der Waals surface area contributed by atoms with Crippen molar-refractivity contribution in [1.29, 1.82) is 0 Å². The van der Waals surface area contributed by atoms with Gasteiger partial charge in [-0.3, -0.25) is 0 Å². The maximum atomic E-state index is 11.0. The van der Waals surface area contributed by atoms with E-state index in [-0.39, 0.29) is 6.03 Å². The molecule has 0 aromatic carbocycles. The second-order valence-electron chi connectivity index (χ2n) is 5.35. The van der Waals surface area contributed by atoms with Crippen LogP contribution in [0.5, 0.6) is 0 Å². The van der Waals surface area contributed by atoms with Gasteiger partial charge < -0.3 is 16.0 Å². The molecule has 0 aromatic rings. The Bertz CT molecular complexity index is 279. The topological polar surface area (TPSA) is 58.4 Å². The number of thioether (sulfide) groups is 1. The van der Waals surface area contributed by atoms with Crippen LogP contribution in [0.2, 0.25) is 0 Å². The standard InChI is InChI=1S/C13H25N3OS/c1-2-18-12-4-3-11(9-12)15-10-5-7-16(8-6-10)13(14)17/h10-12,15H,2-9H2,1H3,(H2,14,17). The molecule has 0 bridgehead atoms. The van der Waals surface area contributed by atoms with E-state index in [1.807, 2.05) is 0 Å². The average molecular weight is 271 g/mol. The number of piperidine rings is 1. The summed E-state index contributed by atoms with van der Waals surface area (Å²) in [6.07, 6.45) is 6.08. The number of amides is 2. The quantitative estimate of drug-likeness (QED) is 0.819. The van der Waals surface area contributed by atoms with E-state index >= 15 is 0 Å². The minimum Gasteiger partial charge on any atom is -0.351 e. The molecule has 0 spiro atoms. The molecular formula is C13H25N3OS. The summed E-state index contributed by atoms with van der Waals surface area (Å²) >= 11 is 2.10. The van der Waals surface area contributed by atoms with Crippen LogP contribution < -0.4 is 11.1 Å². The predicted octanol–water partition coefficient (Wildman–Crippen LogP) is 1.79. The summed E-state index contributed by atoms with van der Waals surface area (Å²) in [7, 11) is 0. The Morgan fingerprint density at radius 2 is 2.00 bits per heavy atom. The summed E-state index contributed by atoms with van der Waals surface area (Å²) in [5.74, 6) is 1.23. The van der Waals surface area contributed by atoms with Crippen LogP contribution in [0.4, 0.5) is 4.79 Å². The van der Waals surface area contributed by atoms with Crippen molar-refractivity contribution in [3.8, 4) is 0 Å². The van der Waals surface area contributed by atoms with Gasteiger partial charge in [-0.25, -0.2) is 4.79 Å². The molecule has 2 amide bonds. The Hall–Kier alpha value is -0.420. The van der Waals surface area contributed by atoms with Crippen LogP contribution in [0.15, 0.2) is 0 Å². The largest absolute Gasteiger partial charge is 0.351 e. The number of likely N-dealkylation sites (tertiary alicyclic amines) is 1. The lowest BCUT2D eigenvalue weighted by molar-refractivity contribution is 0.182. The molecule has 3 N–H and O–H groups in total. The fourth-order valence-electron chi connectivity index (χ4n) is 3.08. The van der Waals surface area contributed by atoms with Crippen molar-refractivity contribution < 1.29 is 4.79 Å². The van der Waals surface area contributed by atoms with E-state index < -0.39 is 0 Å². The van der Waals surface area contributed by atoms with Crippen LogP contribution in [0.25, 0.3) is 0 Å². The molecule has 0 radical (unpaired) electrons. The van der Waals surface area contributed by atoms with E-state index in [1.54, 1.807) is 4.90 Å². The third kappa shape index (κ3) is 3.79. The maximum Gasteiger partial charge on any atom is 0.314 e. The van der Waals surface area contributed by atoms with Crippen LogP contribution in [0.1, 0.15) is 39.0 Å². The fourth-order valence-corrected chi connectivity index (χ4v) is 4.22. The minimum atomic E-state index is -0.270. The van der Waals surface area contributed by atoms with Crippen LogP contribution >= 0.6 is 11.8 Å². The number of rotatable bonds is 4. The molecule has 0 aromatic heterocycles. The van der Waals surface area contributed by atoms with Gasteiger partial charge in [0.05, 0.1) is 0 Å². The lowest BCUT2D eigenvalue weighted by Crippen LogP contribution is -2.48. The van der Waals surface area contributed by atoms with Gasteiger partial charge in [0.25, 0.3) is 0 Å². The third-order valence-electron chi connectivity index (χ3n) is 4.06. The number of primary amides is 1. The number of hydrogen-bond donors (Lipinski definition) is 2. The molecule has 2 rings (SSSR count). The highest BCUT2D eigenvalue weighted by Crippen LogP contribution is 2.30. The zero-order valence-corrected chi connectivity index (χ0v) is 12.0. The number of carbonyl (C=O) groups is 1. The van der Waals surface area contributed by atoms with Crippen molar-refractivity contribution in [3.05, 3.63) is 0 Å². The number of urea groups is 1. The summed E-state index contributed by atoms with van der Waals surface area (Å²) < 4.78 is 0. The molecule has 5 heteroatoms. The summed E-state index contributed by atoms with van der Waals surface area (Å²) in [5.41, 5.74) is 5.29. The van der Waals surface area contributed by atoms with Crippen LogP contribution in [-0.2, 0) is 0 Å². The molecule has 4 nitrogen and oxygen atoms in total. The van der Waals surface area contributed by atoms with Gasteiger partial charge in [-0.05, 0) is 37.9 Å². The number of nitrogens with one attached hydrogen (secondary N) is 1. The van der Waals surface area contributed by atoms with E-state index in [4.69, 9.17) is 5.73 Å². The zero-order valence-electron chi connectivity index (χ0n) is 11.2. The summed E-state index contributed by atoms with van der Waals surface area (Å²) in [4.78, 5) is 12.8. The SMILES string of the molecule is CCSC1CCC(NC2CCN(C(N)=O)CC2)C1. The molecule has 2 aliphatic rings. The molecule has 2 unspecified atom stereocenters. The number of hydrogen-bond acceptors (Lipinski definition) is 3. The molecule has 1 heterocycles. The molecule has 1 aliphatic heterocycles. The van der Waals surface area contributed by atoms with E-state index in [9.17, 15) is 4.79 Å². The fraction of sp³-hybridized carbons (Fsp3) is 0.923. The Morgan fingerprint density at radius 3 is 2.61 bits per heavy atom. The van der Waals surface area contributed by atoms with E-state index in [1.165, 1.54) is 25.0 Å². The maximum absolute atomic E-state index is 11.0. The molecule has 1 saturated heterocycles. The lowest BCUT2D eigenvalue weighted by atomic mass is 10.0. The Morgan fingerprint density at radius 1 is 1.28 bits per heavy atom. The van der Waals surface area contributed by atoms with Gasteiger partial charge in [0.2, 0.25) is 0 Å². The van der Waals surface area contributed by atoms with Crippen molar-refractivity contribution >= 4 is 17.8 Å². The predicted molar refractivity (Wildman–Crippen MR) is 76.9 cm³/mol. The molecule has 104 valence electrons. The van der Waals surface area contributed by atoms with Crippen LogP contribution in [0.3, 0.4) is 0 Å². The van der Waals surface area contributed by atoms with E-state index in [0.717, 1.165) is 31.2 Å². The van der Waals surface area contributed by atoms with E-state index in [0.29, 0.717) is 12.1 Å². The Labute approximate surface area is 114 Å². The first kappa shape index (κ1) is 14.0. The average Bonchev–Trinajstić information content (AvgIpc) is 2.78. The van der Waals surface area contributed by atoms with Gasteiger partial charge >= 0.3 is 6.03 Å². The van der Waals surface area contributed by atoms with Gasteiger partial charge in [-0.2, -0.15) is 11.8 Å². The highest BCUT2D eigenvalue weighted by molar-refractivity contribution is 7.99. The second kappa shape index (κ2) is 6.66. The smallest absolute Gasteiger partial charge is 0.314 e. The second-order valence-corrected chi connectivity index (χ2v) is 6.93. The zero-order chi connectivity index (χ0) is 13.0. The summed E-state index contributed by atoms with van der Waals surface area (Å²) in [6, 6.07) is 1.00. The molecule has 2 atom stereocenters. The first-order valence-electron chi connectivity index (χ1n) is 7.11. The Kier molecular flexibility index (Phi) is 5.18. The van der Waals surface area contributed by atoms with Crippen molar-refractivity contribution in [3.63, 3.8) is 0 Å². The van der Waals surface area contributed by atoms with Crippen molar-refractivity contribution in [2.75, 3.05) is 18.8 Å². The number of nitrogens with zero attached hydrogens (tertiary/aromatic N) is 1. The van der Waals surface area contributed by atoms with Crippen LogP contribution in [0, 0.1) is 0 Å². The molecular weight excluding hydrogens is 246 g/mol. The lowest BCUT2D eigenvalue weighted by Gasteiger charge is -2.33. The summed E-state index contributed by atoms with van der Waals surface area (Å²) in [6.45, 7) is 3.87. The van der Waals surface area contributed by atoms with E-state index in [2.05, 4.69) is 24.0 Å². The molecule has 1 aliphatic carbocycles. The number of nitrogens with two attached hydrogens (primary N) is 1. The van der Waals surface area contributed by atoms with Crippen molar-refractivity contribution in [1.82, 2.24) is 10.2 Å². The van der Waals surface area contributed by atoms with Gasteiger partial charge in [0, 0.05) is 30.4 Å². The molecule has 2 fully saturated rings. The normalized spacial score (nSPS) is 29.7. The molecule has 1 saturated carbocycles. The third-order valence-corrected chi connectivity index (χ3v) is 5.30. The highest BCUT2D eigenvalue weighted by atomic mass is 32.2. The van der Waals surface area contributed by atoms with Crippen molar-refractivity contribution in [2.24, 2.45) is 5.73 Å². The van der Waals surface area contributed by atoms with Crippen LogP contribution in [-0.4, -0.2) is 47.1 Å². The summed E-state index contributed by atoms with van der Waals surface area (Å²) in [5, 5.41) is 4.63. The first-order valence-corrected chi connectivity index (χ1v) is 8.16. The number of carbonyl (C=O) groups excluding carboxylic acids is 1. The van der Waals surface area contributed by atoms with Gasteiger partial charge in [0.15, 0.2) is 0 Å². The Balaban J connectivity index is 1.68. The monoisotopic (exact) mass is 271 g/mol. The van der Waals surface area contributed by atoms with Gasteiger partial charge in [0.1, 0.15) is 0 Å². The van der Waals surface area contributed by atoms with Gasteiger partial charge in [-0.1, -0.05) is 6.92 Å². The van der Waals surface area contributed by atoms with Crippen molar-refractivity contribution in [2.45, 2.75) is 56.4 Å². The first-order chi connectivity index (χ1) is 8.69. The highest BCUT2D eigenvalue weighted by Gasteiger charge is 2.28. The van der Waals surface area contributed by atoms with Gasteiger partial charge in [-0.15, -0.1) is 0 Å².